The summed E-state index contributed by atoms with van der Waals surface area (Å²) < 4.78 is 112. The summed E-state index contributed by atoms with van der Waals surface area (Å²) in [6, 6.07) is 7.23. The molecule has 0 spiro atoms. The van der Waals surface area contributed by atoms with Crippen LogP contribution in [-0.4, -0.2) is 128 Å². The van der Waals surface area contributed by atoms with Crippen molar-refractivity contribution in [1.82, 2.24) is 4.90 Å². The molecule has 320 valence electrons. The Morgan fingerprint density at radius 2 is 0.772 bits per heavy atom. The van der Waals surface area contributed by atoms with Crippen molar-refractivity contribution in [2.75, 3.05) is 6.54 Å². The van der Waals surface area contributed by atoms with Crippen LogP contribution < -0.4 is 0 Å². The van der Waals surface area contributed by atoms with Gasteiger partial charge in [0.2, 0.25) is 0 Å². The monoisotopic (exact) mass is 1010 g/mol. The number of hydrogen-bond acceptors (Lipinski definition) is 18. The SMILES string of the molecule is C[Si](C)(C)O[Si]12O[Si]3(C)O[Si]4(C)O[Si]5(C)O[Si](C)(O3)O[Si](O[Si](C)(C)C)(O1)O[Si](O[Si](C)(C)CCCN1C(=O)c3ccccc3C1=O)(O5)O[Si](O[Si](C)(C)C)(O4)O2. The van der Waals surface area contributed by atoms with Crippen LogP contribution in [0, 0.1) is 0 Å². The molecule has 0 saturated carbocycles. The Hall–Kier alpha value is 0.323. The number of fused-ring (bicyclic) bond motifs is 1. The second-order valence-corrected chi connectivity index (χ2v) is 59.2. The Morgan fingerprint density at radius 1 is 0.474 bits per heavy atom. The molecule has 1 aromatic carbocycles. The van der Waals surface area contributed by atoms with Gasteiger partial charge in [-0.05, 0) is 96.6 Å². The van der Waals surface area contributed by atoms with Gasteiger partial charge < -0.3 is 65.8 Å². The molecule has 4 unspecified atom stereocenters. The van der Waals surface area contributed by atoms with Crippen LogP contribution in [0.4, 0.5) is 0 Å². The Kier molecular flexibility index (Phi) is 11.3. The first kappa shape index (κ1) is 45.3. The molecule has 0 N–H and O–H groups in total. The van der Waals surface area contributed by atoms with E-state index in [1.807, 2.05) is 72.0 Å². The first-order valence-corrected chi connectivity index (χ1v) is 47.7. The fourth-order valence-electron chi connectivity index (χ4n) is 7.24. The minimum atomic E-state index is -4.83. The third kappa shape index (κ3) is 9.79. The Morgan fingerprint density at radius 3 is 1.07 bits per heavy atom. The third-order valence-electron chi connectivity index (χ3n) is 8.46. The summed E-state index contributed by atoms with van der Waals surface area (Å²) in [4.78, 5) is 27.7. The molecule has 8 rings (SSSR count). The topological polar surface area (TPSA) is 185 Å². The highest BCUT2D eigenvalue weighted by atomic mass is 28.7. The minimum Gasteiger partial charge on any atom is -0.396 e. The molecule has 0 aromatic heterocycles. The molecular formula is C26H55NO18Si12. The third-order valence-corrected chi connectivity index (χ3v) is 53.4. The quantitative estimate of drug-likeness (QED) is 0.207. The van der Waals surface area contributed by atoms with Gasteiger partial charge in [-0.1, -0.05) is 12.1 Å². The number of amides is 2. The van der Waals surface area contributed by atoms with E-state index in [4.69, 9.17) is 65.8 Å². The molecule has 7 aliphatic rings. The van der Waals surface area contributed by atoms with Crippen molar-refractivity contribution in [1.29, 1.82) is 0 Å². The van der Waals surface area contributed by atoms with E-state index in [0.29, 0.717) is 23.6 Å². The first-order valence-electron chi connectivity index (χ1n) is 18.9. The molecule has 0 radical (unpaired) electrons. The predicted octanol–water partition coefficient (Wildman–Crippen LogP) is 4.73. The molecule has 19 nitrogen and oxygen atoms in total. The van der Waals surface area contributed by atoms with Gasteiger partial charge >= 0.3 is 71.4 Å². The maximum atomic E-state index is 13.2. The lowest BCUT2D eigenvalue weighted by molar-refractivity contribution is -0.0866. The van der Waals surface area contributed by atoms with E-state index < -0.39 is 105 Å². The van der Waals surface area contributed by atoms with Crippen LogP contribution in [0.3, 0.4) is 0 Å². The number of benzene rings is 1. The van der Waals surface area contributed by atoms with Gasteiger partial charge in [-0.3, -0.25) is 14.5 Å². The number of nitrogens with zero attached hydrogens (tertiary/aromatic N) is 1. The molecule has 31 heteroatoms. The molecule has 57 heavy (non-hydrogen) atoms. The number of imide groups is 1. The smallest absolute Gasteiger partial charge is 0.396 e. The van der Waals surface area contributed by atoms with E-state index in [-0.39, 0.29) is 18.4 Å². The number of carbonyl (C=O) groups is 2. The number of hydrogen-bond donors (Lipinski definition) is 0. The lowest BCUT2D eigenvalue weighted by Crippen LogP contribution is -2.90. The van der Waals surface area contributed by atoms with Crippen molar-refractivity contribution in [3.05, 3.63) is 35.4 Å². The number of rotatable bonds is 12. The van der Waals surface area contributed by atoms with E-state index >= 15 is 0 Å². The van der Waals surface area contributed by atoms with Gasteiger partial charge in [0.1, 0.15) is 0 Å². The van der Waals surface area contributed by atoms with Crippen molar-refractivity contribution < 1.29 is 75.4 Å². The fraction of sp³-hybridized carbons (Fsp3) is 0.692. The maximum absolute atomic E-state index is 13.2. The summed E-state index contributed by atoms with van der Waals surface area (Å²) in [5.41, 5.74) is 0.772. The number of carbonyl (C=O) groups excluding carboxylic acids is 2. The van der Waals surface area contributed by atoms with Crippen molar-refractivity contribution in [2.45, 2.75) is 111 Å². The van der Waals surface area contributed by atoms with Gasteiger partial charge in [0.15, 0.2) is 33.3 Å². The van der Waals surface area contributed by atoms with Crippen LogP contribution in [-0.2, 0) is 65.8 Å². The molecule has 4 atom stereocenters. The van der Waals surface area contributed by atoms with Gasteiger partial charge in [0.05, 0.1) is 11.1 Å². The van der Waals surface area contributed by atoms with Crippen LogP contribution in [0.2, 0.25) is 104 Å². The summed E-state index contributed by atoms with van der Waals surface area (Å²) >= 11 is 0. The minimum absolute atomic E-state index is 0.167. The van der Waals surface area contributed by atoms with Crippen molar-refractivity contribution >= 4 is 116 Å². The summed E-state index contributed by atoms with van der Waals surface area (Å²) in [7, 11) is -46.2. The second kappa shape index (κ2) is 14.2. The highest BCUT2D eigenvalue weighted by Crippen LogP contribution is 2.51. The Bertz CT molecular complexity index is 1720. The Balaban J connectivity index is 1.36. The molecule has 6 saturated heterocycles. The molecule has 6 fully saturated rings. The van der Waals surface area contributed by atoms with Crippen molar-refractivity contribution in [3.8, 4) is 0 Å². The van der Waals surface area contributed by atoms with Crippen LogP contribution in [0.5, 0.6) is 0 Å². The molecular weight excluding hydrogens is 951 g/mol. The van der Waals surface area contributed by atoms with Crippen molar-refractivity contribution in [2.24, 2.45) is 0 Å². The first-order chi connectivity index (χ1) is 25.7. The fourth-order valence-corrected chi connectivity index (χ4v) is 62.8. The van der Waals surface area contributed by atoms with E-state index in [9.17, 15) is 9.59 Å². The zero-order valence-corrected chi connectivity index (χ0v) is 47.2. The van der Waals surface area contributed by atoms with E-state index in [0.717, 1.165) is 0 Å². The average Bonchev–Trinajstić information content (AvgIpc) is 3.13. The van der Waals surface area contributed by atoms with Gasteiger partial charge in [-0.15, -0.1) is 0 Å². The normalized spacial score (nSPS) is 40.8. The lowest BCUT2D eigenvalue weighted by atomic mass is 10.1. The summed E-state index contributed by atoms with van der Waals surface area (Å²) in [6.45, 7) is 28.3. The molecule has 1 aromatic rings. The largest absolute Gasteiger partial charge is 0.649 e. The van der Waals surface area contributed by atoms with Gasteiger partial charge in [-0.25, -0.2) is 0 Å². The molecule has 2 amide bonds. The molecule has 8 bridgehead atoms. The van der Waals surface area contributed by atoms with Gasteiger partial charge in [0, 0.05) is 32.7 Å². The van der Waals surface area contributed by atoms with Crippen molar-refractivity contribution in [3.63, 3.8) is 0 Å². The molecule has 7 heterocycles. The zero-order chi connectivity index (χ0) is 42.2. The Labute approximate surface area is 347 Å². The van der Waals surface area contributed by atoms with Crippen LogP contribution >= 0.6 is 0 Å². The highest BCUT2D eigenvalue weighted by molar-refractivity contribution is 7.03. The van der Waals surface area contributed by atoms with Crippen LogP contribution in [0.1, 0.15) is 27.1 Å². The summed E-state index contributed by atoms with van der Waals surface area (Å²) in [6.07, 6.45) is 0.410. The second-order valence-electron chi connectivity index (χ2n) is 18.6. The summed E-state index contributed by atoms with van der Waals surface area (Å²) in [5.74, 6) is -0.665. The zero-order valence-electron chi connectivity index (χ0n) is 35.2. The standard InChI is InChI=1S/C26H55NO18Si12/c1-46(2,3)30-54-38-50(12)34-51(13)36-53(15)37-52(14,35-50)40-56(43-54,32-48(7,8)9)45-57(41-53,44-55(39-51,42-54)31-47(4,5)6)33-49(10,11)22-18-21-27-25(28)23-19-16-17-20-24(23)26(27)29/h16-17,19-20H,18,21-22H2,1-15H3. The van der Waals surface area contributed by atoms with Crippen LogP contribution in [0.15, 0.2) is 24.3 Å². The van der Waals surface area contributed by atoms with E-state index in [2.05, 4.69) is 0 Å². The van der Waals surface area contributed by atoms with E-state index in [1.165, 1.54) is 4.90 Å². The maximum Gasteiger partial charge on any atom is 0.649 e. The average molecular weight is 1010 g/mol. The van der Waals surface area contributed by atoms with Gasteiger partial charge in [-0.2, -0.15) is 0 Å². The van der Waals surface area contributed by atoms with Gasteiger partial charge in [0.25, 0.3) is 11.8 Å². The highest BCUT2D eigenvalue weighted by Gasteiger charge is 2.86. The predicted molar refractivity (Wildman–Crippen MR) is 226 cm³/mol. The lowest BCUT2D eigenvalue weighted by Gasteiger charge is -2.60. The molecule has 7 aliphatic heterocycles. The van der Waals surface area contributed by atoms with E-state index in [1.54, 1.807) is 50.5 Å². The van der Waals surface area contributed by atoms with Crippen LogP contribution in [0.25, 0.3) is 0 Å². The summed E-state index contributed by atoms with van der Waals surface area (Å²) in [5, 5.41) is 0. The molecule has 0 aliphatic carbocycles.